The number of benzene rings is 1. The number of anilines is 1. The van der Waals surface area contributed by atoms with E-state index in [0.717, 1.165) is 43.4 Å². The van der Waals surface area contributed by atoms with E-state index in [1.54, 1.807) is 13.4 Å². The third kappa shape index (κ3) is 3.36. The van der Waals surface area contributed by atoms with Crippen molar-refractivity contribution in [3.63, 3.8) is 0 Å². The Morgan fingerprint density at radius 1 is 1.21 bits per heavy atom. The van der Waals surface area contributed by atoms with E-state index < -0.39 is 0 Å². The minimum Gasteiger partial charge on any atom is -0.497 e. The number of ether oxygens (including phenoxy) is 2. The van der Waals surface area contributed by atoms with E-state index in [0.29, 0.717) is 12.0 Å². The highest BCUT2D eigenvalue weighted by molar-refractivity contribution is 5.44. The first-order valence-corrected chi connectivity index (χ1v) is 8.63. The van der Waals surface area contributed by atoms with Gasteiger partial charge in [0.2, 0.25) is 0 Å². The van der Waals surface area contributed by atoms with Crippen molar-refractivity contribution in [3.8, 4) is 5.75 Å². The summed E-state index contributed by atoms with van der Waals surface area (Å²) < 4.78 is 10.9. The Kier molecular flexibility index (Phi) is 4.34. The maximum absolute atomic E-state index is 5.50. The monoisotopic (exact) mass is 325 g/mol. The number of rotatable bonds is 6. The van der Waals surface area contributed by atoms with Gasteiger partial charge >= 0.3 is 0 Å². The molecular weight excluding hydrogens is 302 g/mol. The summed E-state index contributed by atoms with van der Waals surface area (Å²) in [6, 6.07) is 11.0. The first kappa shape index (κ1) is 15.4. The van der Waals surface area contributed by atoms with E-state index in [9.17, 15) is 0 Å². The van der Waals surface area contributed by atoms with Crippen molar-refractivity contribution in [3.05, 3.63) is 47.9 Å². The van der Waals surface area contributed by atoms with Crippen LogP contribution < -0.4 is 9.64 Å². The predicted octanol–water partition coefficient (Wildman–Crippen LogP) is 3.16. The van der Waals surface area contributed by atoms with Gasteiger partial charge in [-0.05, 0) is 37.0 Å². The Morgan fingerprint density at radius 2 is 2.12 bits per heavy atom. The van der Waals surface area contributed by atoms with E-state index in [1.165, 1.54) is 18.4 Å². The molecule has 0 spiro atoms. The van der Waals surface area contributed by atoms with Crippen molar-refractivity contribution >= 4 is 5.82 Å². The predicted molar refractivity (Wildman–Crippen MR) is 92.4 cm³/mol. The zero-order valence-electron chi connectivity index (χ0n) is 14.0. The van der Waals surface area contributed by atoms with Crippen LogP contribution in [-0.4, -0.2) is 36.3 Å². The van der Waals surface area contributed by atoms with Crippen LogP contribution in [0.3, 0.4) is 0 Å². The van der Waals surface area contributed by atoms with E-state index in [1.807, 2.05) is 12.1 Å². The van der Waals surface area contributed by atoms with Gasteiger partial charge in [0.15, 0.2) is 0 Å². The maximum atomic E-state index is 5.50. The molecule has 24 heavy (non-hydrogen) atoms. The highest BCUT2D eigenvalue weighted by Crippen LogP contribution is 2.34. The molecule has 1 aliphatic carbocycles. The third-order valence-electron chi connectivity index (χ3n) is 4.79. The highest BCUT2D eigenvalue weighted by atomic mass is 16.5. The molecule has 1 saturated carbocycles. The Morgan fingerprint density at radius 3 is 2.88 bits per heavy atom. The molecule has 2 aromatic rings. The van der Waals surface area contributed by atoms with Gasteiger partial charge in [0, 0.05) is 31.2 Å². The Balaban J connectivity index is 1.57. The summed E-state index contributed by atoms with van der Waals surface area (Å²) in [4.78, 5) is 11.4. The fourth-order valence-corrected chi connectivity index (χ4v) is 3.26. The largest absolute Gasteiger partial charge is 0.497 e. The van der Waals surface area contributed by atoms with Gasteiger partial charge < -0.3 is 14.4 Å². The normalized spacial score (nSPS) is 20.1. The van der Waals surface area contributed by atoms with Crippen LogP contribution in [0.5, 0.6) is 5.75 Å². The minimum atomic E-state index is 0.407. The van der Waals surface area contributed by atoms with Crippen molar-refractivity contribution in [2.75, 3.05) is 25.2 Å². The number of hydrogen-bond donors (Lipinski definition) is 0. The molecule has 1 aromatic carbocycles. The Labute approximate surface area is 142 Å². The molecule has 1 aliphatic heterocycles. The minimum absolute atomic E-state index is 0.407. The molecule has 0 N–H and O–H groups in total. The molecule has 2 aliphatic rings. The van der Waals surface area contributed by atoms with Crippen molar-refractivity contribution in [2.45, 2.75) is 37.8 Å². The van der Waals surface area contributed by atoms with Gasteiger partial charge in [-0.2, -0.15) is 0 Å². The van der Waals surface area contributed by atoms with Crippen molar-refractivity contribution in [1.29, 1.82) is 0 Å². The summed E-state index contributed by atoms with van der Waals surface area (Å²) in [6.07, 6.45) is 5.21. The molecule has 0 bridgehead atoms. The van der Waals surface area contributed by atoms with E-state index >= 15 is 0 Å². The molecule has 2 fully saturated rings. The molecule has 5 heteroatoms. The Bertz CT molecular complexity index is 697. The van der Waals surface area contributed by atoms with Crippen LogP contribution >= 0.6 is 0 Å². The van der Waals surface area contributed by atoms with E-state index in [-0.39, 0.29) is 0 Å². The number of nitrogens with zero attached hydrogens (tertiary/aromatic N) is 3. The lowest BCUT2D eigenvalue weighted by molar-refractivity contribution is 0.193. The first-order chi connectivity index (χ1) is 11.8. The lowest BCUT2D eigenvalue weighted by Crippen LogP contribution is -2.26. The van der Waals surface area contributed by atoms with Gasteiger partial charge in [-0.15, -0.1) is 0 Å². The number of aromatic nitrogens is 2. The van der Waals surface area contributed by atoms with Crippen LogP contribution in [-0.2, 0) is 11.3 Å². The average molecular weight is 325 g/mol. The average Bonchev–Trinajstić information content (AvgIpc) is 3.32. The molecule has 1 aromatic heterocycles. The molecule has 2 heterocycles. The van der Waals surface area contributed by atoms with Crippen molar-refractivity contribution in [1.82, 2.24) is 9.97 Å². The fourth-order valence-electron chi connectivity index (χ4n) is 3.26. The first-order valence-electron chi connectivity index (χ1n) is 8.63. The van der Waals surface area contributed by atoms with Crippen LogP contribution in [0.4, 0.5) is 5.82 Å². The van der Waals surface area contributed by atoms with Gasteiger partial charge in [-0.1, -0.05) is 12.1 Å². The van der Waals surface area contributed by atoms with Gasteiger partial charge in [-0.25, -0.2) is 9.97 Å². The topological polar surface area (TPSA) is 47.5 Å². The summed E-state index contributed by atoms with van der Waals surface area (Å²) in [6.45, 7) is 2.45. The molecule has 1 saturated heterocycles. The second kappa shape index (κ2) is 6.77. The van der Waals surface area contributed by atoms with Gasteiger partial charge in [0.1, 0.15) is 17.9 Å². The second-order valence-corrected chi connectivity index (χ2v) is 6.57. The number of methoxy groups -OCH3 is 1. The van der Waals surface area contributed by atoms with E-state index in [2.05, 4.69) is 33.1 Å². The lowest BCUT2D eigenvalue weighted by atomic mass is 10.0. The SMILES string of the molecule is COc1cccc(CN(c2cc([C@@H]3CCOC3)ncn2)C2CC2)c1. The van der Waals surface area contributed by atoms with Crippen LogP contribution in [0.15, 0.2) is 36.7 Å². The van der Waals surface area contributed by atoms with Crippen molar-refractivity contribution in [2.24, 2.45) is 0 Å². The molecule has 1 atom stereocenters. The molecule has 126 valence electrons. The van der Waals surface area contributed by atoms with Gasteiger partial charge in [-0.3, -0.25) is 0 Å². The Hall–Kier alpha value is -2.14. The summed E-state index contributed by atoms with van der Waals surface area (Å²) in [5.74, 6) is 2.33. The smallest absolute Gasteiger partial charge is 0.132 e. The third-order valence-corrected chi connectivity index (χ3v) is 4.79. The molecule has 4 rings (SSSR count). The van der Waals surface area contributed by atoms with E-state index in [4.69, 9.17) is 9.47 Å². The van der Waals surface area contributed by atoms with Gasteiger partial charge in [0.25, 0.3) is 0 Å². The van der Waals surface area contributed by atoms with Crippen LogP contribution in [0.25, 0.3) is 0 Å². The zero-order valence-corrected chi connectivity index (χ0v) is 14.0. The quantitative estimate of drug-likeness (QED) is 0.816. The molecule has 5 nitrogen and oxygen atoms in total. The van der Waals surface area contributed by atoms with Crippen LogP contribution in [0.2, 0.25) is 0 Å². The molecular formula is C19H23N3O2. The standard InChI is InChI=1S/C19H23N3O2/c1-23-17-4-2-3-14(9-17)11-22(16-5-6-16)19-10-18(20-13-21-19)15-7-8-24-12-15/h2-4,9-10,13,15-16H,5-8,11-12H2,1H3/t15-/m1/s1. The summed E-state index contributed by atoms with van der Waals surface area (Å²) >= 11 is 0. The zero-order chi connectivity index (χ0) is 16.4. The highest BCUT2D eigenvalue weighted by Gasteiger charge is 2.31. The van der Waals surface area contributed by atoms with Crippen molar-refractivity contribution < 1.29 is 9.47 Å². The fraction of sp³-hybridized carbons (Fsp3) is 0.474. The van der Waals surface area contributed by atoms with Crippen LogP contribution in [0.1, 0.15) is 36.4 Å². The van der Waals surface area contributed by atoms with Crippen LogP contribution in [0, 0.1) is 0 Å². The molecule has 0 unspecified atom stereocenters. The maximum Gasteiger partial charge on any atom is 0.132 e. The van der Waals surface area contributed by atoms with Gasteiger partial charge in [0.05, 0.1) is 19.4 Å². The molecule has 0 amide bonds. The lowest BCUT2D eigenvalue weighted by Gasteiger charge is -2.24. The summed E-state index contributed by atoms with van der Waals surface area (Å²) in [7, 11) is 1.71. The summed E-state index contributed by atoms with van der Waals surface area (Å²) in [5, 5.41) is 0. The number of hydrogen-bond acceptors (Lipinski definition) is 5. The second-order valence-electron chi connectivity index (χ2n) is 6.57. The molecule has 0 radical (unpaired) electrons. The summed E-state index contributed by atoms with van der Waals surface area (Å²) in [5.41, 5.74) is 2.35.